The van der Waals surface area contributed by atoms with Crippen molar-refractivity contribution in [2.75, 3.05) is 4.72 Å². The van der Waals surface area contributed by atoms with Crippen LogP contribution in [0, 0.1) is 6.92 Å². The molecule has 0 radical (unpaired) electrons. The average molecular weight is 517 g/mol. The van der Waals surface area contributed by atoms with E-state index in [1.54, 1.807) is 6.92 Å². The van der Waals surface area contributed by atoms with Gasteiger partial charge in [0.05, 0.1) is 20.4 Å². The fourth-order valence-corrected chi connectivity index (χ4v) is 4.85. The van der Waals surface area contributed by atoms with Gasteiger partial charge < -0.3 is 14.2 Å². The summed E-state index contributed by atoms with van der Waals surface area (Å²) >= 11 is 0. The summed E-state index contributed by atoms with van der Waals surface area (Å²) in [7, 11) is -14.4. The summed E-state index contributed by atoms with van der Waals surface area (Å²) < 4.78 is 95.8. The number of hydrogen-bond donors (Lipinski definition) is 2. The predicted molar refractivity (Wildman–Crippen MR) is 104 cm³/mol. The topological polar surface area (TPSA) is 181 Å². The summed E-state index contributed by atoms with van der Waals surface area (Å²) in [4.78, 5) is -1.97. The van der Waals surface area contributed by atoms with Crippen LogP contribution in [-0.4, -0.2) is 39.5 Å². The van der Waals surface area contributed by atoms with Gasteiger partial charge in [0.25, 0.3) is 10.0 Å². The fourth-order valence-electron chi connectivity index (χ4n) is 2.73. The molecule has 3 aromatic rings. The Morgan fingerprint density at radius 3 is 1.69 bits per heavy atom. The molecule has 0 aromatic heterocycles. The van der Waals surface area contributed by atoms with E-state index in [0.29, 0.717) is 12.1 Å². The Bertz CT molecular complexity index is 1480. The molecule has 3 aromatic carbocycles. The van der Waals surface area contributed by atoms with Crippen molar-refractivity contribution in [3.8, 4) is 5.75 Å². The van der Waals surface area contributed by atoms with Gasteiger partial charge in [0, 0.05) is 5.39 Å². The normalized spacial score (nSPS) is 12.0. The second kappa shape index (κ2) is 10.3. The van der Waals surface area contributed by atoms with E-state index in [4.69, 9.17) is 0 Å². The standard InChI is InChI=1S/C17H15NO9S3.2Na/c1-10-2-4-12(5-3-10)28(20,21)18-15-8-13(29(22,23)24)6-11-7-14(30(25,26)27)9-16(19)17(11)15;;/h2-9,18-19H,1H3,(H,22,23,24)(H,25,26,27);;/q;2*+1/p-2. The molecule has 0 bridgehead atoms. The first-order valence-corrected chi connectivity index (χ1v) is 12.3. The van der Waals surface area contributed by atoms with Crippen molar-refractivity contribution in [2.45, 2.75) is 21.6 Å². The van der Waals surface area contributed by atoms with E-state index in [1.165, 1.54) is 24.3 Å². The van der Waals surface area contributed by atoms with Crippen LogP contribution in [0.3, 0.4) is 0 Å². The zero-order valence-electron chi connectivity index (χ0n) is 17.1. The molecule has 0 aliphatic carbocycles. The van der Waals surface area contributed by atoms with Gasteiger partial charge in [0.1, 0.15) is 26.0 Å². The third kappa shape index (κ3) is 6.45. The van der Waals surface area contributed by atoms with Crippen molar-refractivity contribution < 1.29 is 98.6 Å². The van der Waals surface area contributed by atoms with E-state index in [2.05, 4.69) is 4.72 Å². The largest absolute Gasteiger partial charge is 1.00 e. The Morgan fingerprint density at radius 2 is 1.22 bits per heavy atom. The van der Waals surface area contributed by atoms with Gasteiger partial charge in [0.2, 0.25) is 0 Å². The Labute approximate surface area is 229 Å². The van der Waals surface area contributed by atoms with E-state index in [9.17, 15) is 39.5 Å². The Balaban J connectivity index is 0.00000256. The maximum absolute atomic E-state index is 12.7. The van der Waals surface area contributed by atoms with Crippen LogP contribution < -0.4 is 63.8 Å². The van der Waals surface area contributed by atoms with Crippen LogP contribution in [-0.2, 0) is 30.3 Å². The number of sulfonamides is 1. The second-order valence-electron chi connectivity index (χ2n) is 6.34. The van der Waals surface area contributed by atoms with Crippen LogP contribution in [0.2, 0.25) is 0 Å². The molecule has 0 atom stereocenters. The van der Waals surface area contributed by atoms with Crippen molar-refractivity contribution in [2.24, 2.45) is 0 Å². The van der Waals surface area contributed by atoms with Crippen molar-refractivity contribution >= 4 is 46.7 Å². The number of nitrogens with one attached hydrogen (secondary N) is 1. The van der Waals surface area contributed by atoms with Gasteiger partial charge in [-0.3, -0.25) is 4.72 Å². The molecule has 0 saturated carbocycles. The Morgan fingerprint density at radius 1 is 0.750 bits per heavy atom. The van der Waals surface area contributed by atoms with Crippen molar-refractivity contribution in [1.82, 2.24) is 0 Å². The first kappa shape index (κ1) is 29.3. The number of aromatic hydroxyl groups is 1. The molecule has 32 heavy (non-hydrogen) atoms. The number of fused-ring (bicyclic) bond motifs is 1. The monoisotopic (exact) mass is 517 g/mol. The van der Waals surface area contributed by atoms with Crippen molar-refractivity contribution in [3.05, 3.63) is 54.1 Å². The van der Waals surface area contributed by atoms with Crippen molar-refractivity contribution in [1.29, 1.82) is 0 Å². The molecule has 0 spiro atoms. The molecule has 160 valence electrons. The molecule has 2 N–H and O–H groups in total. The number of anilines is 1. The molecular formula is C17H13NNa2O9S3. The molecule has 0 aliphatic heterocycles. The SMILES string of the molecule is Cc1ccc(S(=O)(=O)Nc2cc(S(=O)(=O)[O-])cc3cc(S(=O)(=O)[O-])cc(O)c23)cc1.[Na+].[Na+]. The Hall–Kier alpha value is -0.710. The molecule has 0 saturated heterocycles. The molecule has 3 rings (SSSR count). The van der Waals surface area contributed by atoms with Crippen LogP contribution in [0.4, 0.5) is 5.69 Å². The maximum Gasteiger partial charge on any atom is 1.00 e. The third-order valence-corrected chi connectivity index (χ3v) is 7.14. The van der Waals surface area contributed by atoms with E-state index in [0.717, 1.165) is 17.7 Å². The molecule has 0 amide bonds. The Kier molecular flexibility index (Phi) is 9.41. The van der Waals surface area contributed by atoms with Crippen LogP contribution in [0.15, 0.2) is 63.2 Å². The summed E-state index contributed by atoms with van der Waals surface area (Å²) in [6.45, 7) is 1.74. The minimum absolute atomic E-state index is 0. The first-order chi connectivity index (χ1) is 13.7. The molecule has 10 nitrogen and oxygen atoms in total. The van der Waals surface area contributed by atoms with E-state index in [-0.39, 0.29) is 74.8 Å². The predicted octanol–water partition coefficient (Wildman–Crippen LogP) is -4.53. The van der Waals surface area contributed by atoms with Gasteiger partial charge >= 0.3 is 59.1 Å². The minimum Gasteiger partial charge on any atom is -0.744 e. The molecule has 0 fully saturated rings. The molecular weight excluding hydrogens is 504 g/mol. The van der Waals surface area contributed by atoms with Gasteiger partial charge in [-0.25, -0.2) is 25.3 Å². The molecule has 0 aliphatic rings. The summed E-state index contributed by atoms with van der Waals surface area (Å²) in [6, 6.07) is 8.38. The zero-order chi connectivity index (χ0) is 22.5. The summed E-state index contributed by atoms with van der Waals surface area (Å²) in [5.41, 5.74) is 0.290. The van der Waals surface area contributed by atoms with Gasteiger partial charge in [-0.15, -0.1) is 0 Å². The smallest absolute Gasteiger partial charge is 0.744 e. The number of phenols is 1. The number of aryl methyl sites for hydroxylation is 1. The van der Waals surface area contributed by atoms with E-state index < -0.39 is 51.5 Å². The molecule has 0 heterocycles. The van der Waals surface area contributed by atoms with Gasteiger partial charge in [-0.05, 0) is 48.7 Å². The maximum atomic E-state index is 12.7. The zero-order valence-corrected chi connectivity index (χ0v) is 23.5. The van der Waals surface area contributed by atoms with Gasteiger partial charge in [-0.2, -0.15) is 0 Å². The van der Waals surface area contributed by atoms with E-state index in [1.807, 2.05) is 0 Å². The van der Waals surface area contributed by atoms with Crippen molar-refractivity contribution in [3.63, 3.8) is 0 Å². The minimum atomic E-state index is -5.10. The van der Waals surface area contributed by atoms with Gasteiger partial charge in [0.15, 0.2) is 0 Å². The summed E-state index contributed by atoms with van der Waals surface area (Å²) in [6.07, 6.45) is 0. The van der Waals surface area contributed by atoms with Gasteiger partial charge in [-0.1, -0.05) is 17.7 Å². The molecule has 15 heteroatoms. The van der Waals surface area contributed by atoms with Crippen LogP contribution in [0.1, 0.15) is 5.56 Å². The van der Waals surface area contributed by atoms with Crippen LogP contribution in [0.5, 0.6) is 5.75 Å². The fraction of sp³-hybridized carbons (Fsp3) is 0.0588. The number of benzene rings is 3. The first-order valence-electron chi connectivity index (χ1n) is 8.00. The van der Waals surface area contributed by atoms with Crippen LogP contribution >= 0.6 is 0 Å². The van der Waals surface area contributed by atoms with E-state index >= 15 is 0 Å². The third-order valence-electron chi connectivity index (χ3n) is 4.13. The number of hydrogen-bond acceptors (Lipinski definition) is 9. The van der Waals surface area contributed by atoms with Crippen LogP contribution in [0.25, 0.3) is 10.8 Å². The number of phenolic OH excluding ortho intramolecular Hbond substituents is 1. The summed E-state index contributed by atoms with van der Waals surface area (Å²) in [5.74, 6) is -0.807. The number of rotatable bonds is 5. The second-order valence-corrected chi connectivity index (χ2v) is 10.8. The summed E-state index contributed by atoms with van der Waals surface area (Å²) in [5, 5.41) is 9.58. The quantitative estimate of drug-likeness (QED) is 0.249. The average Bonchev–Trinajstić information content (AvgIpc) is 2.59. The molecule has 0 unspecified atom stereocenters.